The quantitative estimate of drug-likeness (QED) is 0.387. The molecular formula is C25H33N3O3S2. The molecule has 0 aliphatic carbocycles. The van der Waals surface area contributed by atoms with Crippen molar-refractivity contribution in [3.63, 3.8) is 0 Å². The smallest absolute Gasteiger partial charge is 0.228 e. The lowest BCUT2D eigenvalue weighted by Crippen LogP contribution is -2.38. The van der Waals surface area contributed by atoms with Gasteiger partial charge in [-0.25, -0.2) is 13.4 Å². The highest BCUT2D eigenvalue weighted by Crippen LogP contribution is 2.30. The lowest BCUT2D eigenvalue weighted by atomic mass is 10.2. The zero-order valence-corrected chi connectivity index (χ0v) is 21.5. The number of thiazole rings is 1. The van der Waals surface area contributed by atoms with E-state index in [1.54, 1.807) is 29.2 Å². The molecule has 0 spiro atoms. The van der Waals surface area contributed by atoms with Gasteiger partial charge in [-0.1, -0.05) is 48.9 Å². The zero-order valence-electron chi connectivity index (χ0n) is 19.9. The highest BCUT2D eigenvalue weighted by atomic mass is 32.2. The Kier molecular flexibility index (Phi) is 8.62. The number of nitrogens with zero attached hydrogens (tertiary/aromatic N) is 3. The maximum absolute atomic E-state index is 13.2. The van der Waals surface area contributed by atoms with Crippen molar-refractivity contribution in [1.82, 2.24) is 9.88 Å². The molecule has 0 fully saturated rings. The summed E-state index contributed by atoms with van der Waals surface area (Å²) in [4.78, 5) is 22.2. The third kappa shape index (κ3) is 6.62. The average molecular weight is 488 g/mol. The molecule has 2 aromatic carbocycles. The molecule has 1 aromatic heterocycles. The predicted octanol–water partition coefficient (Wildman–Crippen LogP) is 4.84. The number of anilines is 1. The summed E-state index contributed by atoms with van der Waals surface area (Å²) in [5.41, 5.74) is 3.04. The average Bonchev–Trinajstić information content (AvgIpc) is 3.19. The van der Waals surface area contributed by atoms with Gasteiger partial charge in [0, 0.05) is 19.5 Å². The van der Waals surface area contributed by atoms with Crippen molar-refractivity contribution in [3.05, 3.63) is 53.6 Å². The summed E-state index contributed by atoms with van der Waals surface area (Å²) < 4.78 is 26.4. The van der Waals surface area contributed by atoms with Crippen molar-refractivity contribution in [2.75, 3.05) is 36.8 Å². The number of amides is 1. The number of aryl methyl sites for hydroxylation is 2. The maximum atomic E-state index is 13.2. The molecule has 0 aliphatic rings. The number of hydrogen-bond donors (Lipinski definition) is 0. The molecule has 0 N–H and O–H groups in total. The minimum Gasteiger partial charge on any atom is -0.302 e. The second-order valence-electron chi connectivity index (χ2n) is 8.28. The van der Waals surface area contributed by atoms with Crippen molar-refractivity contribution >= 4 is 42.4 Å². The number of fused-ring (bicyclic) bond motifs is 1. The van der Waals surface area contributed by atoms with Gasteiger partial charge in [-0.15, -0.1) is 0 Å². The van der Waals surface area contributed by atoms with Crippen molar-refractivity contribution in [1.29, 1.82) is 0 Å². The van der Waals surface area contributed by atoms with E-state index in [2.05, 4.69) is 24.8 Å². The Morgan fingerprint density at radius 1 is 0.970 bits per heavy atom. The first-order valence-electron chi connectivity index (χ1n) is 11.4. The molecule has 0 unspecified atom stereocenters. The van der Waals surface area contributed by atoms with Gasteiger partial charge in [0.2, 0.25) is 5.91 Å². The first-order valence-corrected chi connectivity index (χ1v) is 13.9. The number of carbonyl (C=O) groups excluding carboxylic acids is 1. The standard InChI is InChI=1S/C25H33N3O3S2/c1-5-27(6-2)15-16-28(25-26-22-14-11-20(4)18-23(22)32-25)24(29)8-7-17-33(30,31)21-12-9-19(3)10-13-21/h9-14,18H,5-8,15-17H2,1-4H3. The number of carbonyl (C=O) groups is 1. The van der Waals surface area contributed by atoms with E-state index < -0.39 is 9.84 Å². The van der Waals surface area contributed by atoms with Crippen molar-refractivity contribution in [2.24, 2.45) is 0 Å². The summed E-state index contributed by atoms with van der Waals surface area (Å²) in [6, 6.07) is 12.9. The minimum absolute atomic E-state index is 0.0509. The van der Waals surface area contributed by atoms with Crippen LogP contribution in [0.4, 0.5) is 5.13 Å². The lowest BCUT2D eigenvalue weighted by Gasteiger charge is -2.24. The van der Waals surface area contributed by atoms with Gasteiger partial charge >= 0.3 is 0 Å². The Morgan fingerprint density at radius 2 is 1.64 bits per heavy atom. The number of benzene rings is 2. The predicted molar refractivity (Wildman–Crippen MR) is 137 cm³/mol. The maximum Gasteiger partial charge on any atom is 0.228 e. The molecule has 178 valence electrons. The SMILES string of the molecule is CCN(CC)CCN(C(=O)CCCS(=O)(=O)c1ccc(C)cc1)c1nc2ccc(C)cc2s1. The fourth-order valence-corrected chi connectivity index (χ4v) is 6.07. The Labute approximate surface area is 201 Å². The van der Waals surface area contributed by atoms with Crippen LogP contribution in [-0.4, -0.2) is 56.1 Å². The molecule has 8 heteroatoms. The van der Waals surface area contributed by atoms with Crippen LogP contribution in [0.2, 0.25) is 0 Å². The van der Waals surface area contributed by atoms with E-state index in [0.717, 1.165) is 41.0 Å². The highest BCUT2D eigenvalue weighted by molar-refractivity contribution is 7.91. The van der Waals surface area contributed by atoms with Crippen molar-refractivity contribution in [3.8, 4) is 0 Å². The fourth-order valence-electron chi connectivity index (χ4n) is 3.66. The van der Waals surface area contributed by atoms with E-state index in [1.807, 2.05) is 26.0 Å². The minimum atomic E-state index is -3.41. The molecule has 0 aliphatic heterocycles. The van der Waals surface area contributed by atoms with Crippen molar-refractivity contribution < 1.29 is 13.2 Å². The third-order valence-corrected chi connectivity index (χ3v) is 8.64. The summed E-state index contributed by atoms with van der Waals surface area (Å²) in [6.45, 7) is 11.3. The molecule has 0 bridgehead atoms. The summed E-state index contributed by atoms with van der Waals surface area (Å²) in [5, 5.41) is 0.675. The summed E-state index contributed by atoms with van der Waals surface area (Å²) in [6.07, 6.45) is 0.444. The molecule has 3 aromatic rings. The van der Waals surface area contributed by atoms with Crippen LogP contribution >= 0.6 is 11.3 Å². The molecule has 0 saturated heterocycles. The van der Waals surface area contributed by atoms with Crippen LogP contribution in [0.3, 0.4) is 0 Å². The second-order valence-corrected chi connectivity index (χ2v) is 11.4. The van der Waals surface area contributed by atoms with Crippen molar-refractivity contribution in [2.45, 2.75) is 45.4 Å². The number of likely N-dealkylation sites (N-methyl/N-ethyl adjacent to an activating group) is 1. The largest absolute Gasteiger partial charge is 0.302 e. The van der Waals surface area contributed by atoms with Crippen LogP contribution in [0.5, 0.6) is 0 Å². The summed E-state index contributed by atoms with van der Waals surface area (Å²) >= 11 is 1.51. The van der Waals surface area contributed by atoms with Gasteiger partial charge in [-0.05, 0) is 63.2 Å². The zero-order chi connectivity index (χ0) is 24.0. The summed E-state index contributed by atoms with van der Waals surface area (Å²) in [5.74, 6) is -0.137. The second kappa shape index (κ2) is 11.2. The van der Waals surface area contributed by atoms with Gasteiger partial charge in [-0.3, -0.25) is 9.69 Å². The van der Waals surface area contributed by atoms with Gasteiger partial charge < -0.3 is 4.90 Å². The van der Waals surface area contributed by atoms with E-state index >= 15 is 0 Å². The van der Waals surface area contributed by atoms with Crippen LogP contribution in [-0.2, 0) is 14.6 Å². The van der Waals surface area contributed by atoms with Crippen LogP contribution in [0, 0.1) is 13.8 Å². The van der Waals surface area contributed by atoms with Crippen LogP contribution in [0.1, 0.15) is 37.8 Å². The molecule has 6 nitrogen and oxygen atoms in total. The molecule has 0 atom stereocenters. The lowest BCUT2D eigenvalue weighted by molar-refractivity contribution is -0.118. The van der Waals surface area contributed by atoms with E-state index in [0.29, 0.717) is 16.6 Å². The molecule has 0 radical (unpaired) electrons. The molecule has 1 heterocycles. The Hall–Kier alpha value is -2.29. The van der Waals surface area contributed by atoms with Crippen LogP contribution < -0.4 is 4.90 Å². The Morgan fingerprint density at radius 3 is 2.30 bits per heavy atom. The first kappa shape index (κ1) is 25.3. The van der Waals surface area contributed by atoms with Gasteiger partial charge in [-0.2, -0.15) is 0 Å². The Balaban J connectivity index is 1.73. The molecule has 0 saturated carbocycles. The number of sulfone groups is 1. The van der Waals surface area contributed by atoms with Crippen LogP contribution in [0.15, 0.2) is 47.4 Å². The monoisotopic (exact) mass is 487 g/mol. The highest BCUT2D eigenvalue weighted by Gasteiger charge is 2.22. The van der Waals surface area contributed by atoms with E-state index in [9.17, 15) is 13.2 Å². The topological polar surface area (TPSA) is 70.6 Å². The third-order valence-electron chi connectivity index (χ3n) is 5.78. The molecule has 1 amide bonds. The number of rotatable bonds is 11. The molecular weight excluding hydrogens is 454 g/mol. The van der Waals surface area contributed by atoms with Crippen LogP contribution in [0.25, 0.3) is 10.2 Å². The Bertz CT molecular complexity index is 1180. The van der Waals surface area contributed by atoms with Gasteiger partial charge in [0.1, 0.15) is 0 Å². The van der Waals surface area contributed by atoms with Gasteiger partial charge in [0.15, 0.2) is 15.0 Å². The van der Waals surface area contributed by atoms with E-state index in [1.165, 1.54) is 11.3 Å². The summed E-state index contributed by atoms with van der Waals surface area (Å²) in [7, 11) is -3.41. The first-order chi connectivity index (χ1) is 15.7. The van der Waals surface area contributed by atoms with E-state index in [-0.39, 0.29) is 24.5 Å². The van der Waals surface area contributed by atoms with Gasteiger partial charge in [0.05, 0.1) is 20.9 Å². The van der Waals surface area contributed by atoms with Gasteiger partial charge in [0.25, 0.3) is 0 Å². The normalized spacial score (nSPS) is 11.9. The number of hydrogen-bond acceptors (Lipinski definition) is 6. The molecule has 33 heavy (non-hydrogen) atoms. The molecule has 3 rings (SSSR count). The van der Waals surface area contributed by atoms with E-state index in [4.69, 9.17) is 4.98 Å². The number of aromatic nitrogens is 1. The fraction of sp³-hybridized carbons (Fsp3) is 0.440.